The van der Waals surface area contributed by atoms with Crippen LogP contribution in [0.3, 0.4) is 0 Å². The zero-order chi connectivity index (χ0) is 12.4. The molecule has 18 heavy (non-hydrogen) atoms. The molecule has 0 bridgehead atoms. The molecule has 3 aromatic heterocycles. The van der Waals surface area contributed by atoms with Gasteiger partial charge in [0.15, 0.2) is 5.65 Å². The minimum absolute atomic E-state index is 0.534. The number of nitrogens with zero attached hydrogens (tertiary/aromatic N) is 4. The number of hydrogen-bond acceptors (Lipinski definition) is 7. The lowest BCUT2D eigenvalue weighted by atomic mass is 10.5. The highest BCUT2D eigenvalue weighted by atomic mass is 32.2. The Morgan fingerprint density at radius 2 is 2.33 bits per heavy atom. The minimum atomic E-state index is 0.534. The monoisotopic (exact) mass is 262 g/mol. The predicted octanol–water partition coefficient (Wildman–Crippen LogP) is 1.92. The first-order chi connectivity index (χ1) is 8.86. The Morgan fingerprint density at radius 1 is 1.39 bits per heavy atom. The first-order valence-electron chi connectivity index (χ1n) is 5.39. The van der Waals surface area contributed by atoms with Gasteiger partial charge in [-0.25, -0.2) is 15.0 Å². The molecule has 0 aromatic carbocycles. The van der Waals surface area contributed by atoms with E-state index < -0.39 is 0 Å². The zero-order valence-electron chi connectivity index (χ0n) is 9.54. The van der Waals surface area contributed by atoms with Crippen molar-refractivity contribution in [3.05, 3.63) is 18.8 Å². The summed E-state index contributed by atoms with van der Waals surface area (Å²) in [6.45, 7) is 2.73. The lowest BCUT2D eigenvalue weighted by Crippen LogP contribution is -2.03. The number of fused-ring (bicyclic) bond motifs is 1. The van der Waals surface area contributed by atoms with Crippen molar-refractivity contribution in [3.8, 4) is 0 Å². The molecule has 0 radical (unpaired) electrons. The summed E-state index contributed by atoms with van der Waals surface area (Å²) >= 11 is 1.33. The van der Waals surface area contributed by atoms with E-state index in [1.165, 1.54) is 18.0 Å². The number of nitrogens with one attached hydrogen (secondary N) is 2. The van der Waals surface area contributed by atoms with Gasteiger partial charge in [0.25, 0.3) is 5.22 Å². The number of H-pyrrole nitrogens is 1. The molecule has 0 fully saturated rings. The number of rotatable bonds is 4. The summed E-state index contributed by atoms with van der Waals surface area (Å²) in [5, 5.41) is 4.34. The standard InChI is InChI=1S/C10H10N6OS/c1-2-11-9-15-7-6(13-5-14-7)8(16-9)18-10-12-3-4-17-10/h3-5H,2H2,1H3,(H2,11,13,14,15,16). The number of imidazole rings is 1. The van der Waals surface area contributed by atoms with Gasteiger partial charge < -0.3 is 14.7 Å². The van der Waals surface area contributed by atoms with Crippen molar-refractivity contribution >= 4 is 28.9 Å². The molecule has 0 saturated carbocycles. The van der Waals surface area contributed by atoms with Crippen LogP contribution in [0, 0.1) is 0 Å². The van der Waals surface area contributed by atoms with E-state index in [1.807, 2.05) is 6.92 Å². The lowest BCUT2D eigenvalue weighted by molar-refractivity contribution is 0.454. The lowest BCUT2D eigenvalue weighted by Gasteiger charge is -2.03. The van der Waals surface area contributed by atoms with E-state index in [0.717, 1.165) is 17.1 Å². The van der Waals surface area contributed by atoms with Crippen LogP contribution in [0.4, 0.5) is 5.95 Å². The van der Waals surface area contributed by atoms with Crippen LogP contribution in [-0.4, -0.2) is 31.5 Å². The number of hydrogen-bond donors (Lipinski definition) is 2. The summed E-state index contributed by atoms with van der Waals surface area (Å²) in [4.78, 5) is 19.9. The number of anilines is 1. The largest absolute Gasteiger partial charge is 0.440 e. The van der Waals surface area contributed by atoms with Crippen LogP contribution < -0.4 is 5.32 Å². The molecule has 92 valence electrons. The molecule has 7 nitrogen and oxygen atoms in total. The van der Waals surface area contributed by atoms with Gasteiger partial charge >= 0.3 is 0 Å². The molecule has 0 saturated heterocycles. The van der Waals surface area contributed by atoms with Gasteiger partial charge in [0.2, 0.25) is 5.95 Å². The fourth-order valence-corrected chi connectivity index (χ4v) is 2.23. The van der Waals surface area contributed by atoms with Crippen molar-refractivity contribution in [1.82, 2.24) is 24.9 Å². The van der Waals surface area contributed by atoms with Crippen LogP contribution in [0.15, 0.2) is 33.5 Å². The van der Waals surface area contributed by atoms with Crippen molar-refractivity contribution in [1.29, 1.82) is 0 Å². The van der Waals surface area contributed by atoms with E-state index in [1.54, 1.807) is 12.5 Å². The molecule has 0 atom stereocenters. The second-order valence-corrected chi connectivity index (χ2v) is 4.32. The zero-order valence-corrected chi connectivity index (χ0v) is 10.4. The van der Waals surface area contributed by atoms with E-state index in [4.69, 9.17) is 4.42 Å². The highest BCUT2D eigenvalue weighted by Crippen LogP contribution is 2.29. The Labute approximate surface area is 106 Å². The molecule has 0 unspecified atom stereocenters. The third-order valence-corrected chi connectivity index (χ3v) is 3.05. The highest BCUT2D eigenvalue weighted by molar-refractivity contribution is 7.99. The van der Waals surface area contributed by atoms with Crippen molar-refractivity contribution in [2.75, 3.05) is 11.9 Å². The molecule has 0 aliphatic heterocycles. The second-order valence-electron chi connectivity index (χ2n) is 3.38. The maximum Gasteiger partial charge on any atom is 0.262 e. The van der Waals surface area contributed by atoms with E-state index in [2.05, 4.69) is 30.2 Å². The molecule has 3 heterocycles. The maximum atomic E-state index is 5.20. The van der Waals surface area contributed by atoms with Crippen molar-refractivity contribution in [2.45, 2.75) is 17.2 Å². The molecule has 0 aliphatic carbocycles. The van der Waals surface area contributed by atoms with Crippen molar-refractivity contribution in [2.24, 2.45) is 0 Å². The third kappa shape index (κ3) is 2.02. The summed E-state index contributed by atoms with van der Waals surface area (Å²) in [5.74, 6) is 0.547. The van der Waals surface area contributed by atoms with Gasteiger partial charge in [-0.3, -0.25) is 0 Å². The topological polar surface area (TPSA) is 92.5 Å². The molecule has 2 N–H and O–H groups in total. The second kappa shape index (κ2) is 4.65. The highest BCUT2D eigenvalue weighted by Gasteiger charge is 2.12. The van der Waals surface area contributed by atoms with Gasteiger partial charge in [-0.2, -0.15) is 4.98 Å². The smallest absolute Gasteiger partial charge is 0.262 e. The van der Waals surface area contributed by atoms with E-state index >= 15 is 0 Å². The predicted molar refractivity (Wildman–Crippen MR) is 66.5 cm³/mol. The van der Waals surface area contributed by atoms with E-state index in [9.17, 15) is 0 Å². The molecule has 0 spiro atoms. The average molecular weight is 262 g/mol. The molecule has 3 aromatic rings. The first-order valence-corrected chi connectivity index (χ1v) is 6.21. The van der Waals surface area contributed by atoms with Crippen LogP contribution in [0.2, 0.25) is 0 Å². The summed E-state index contributed by atoms with van der Waals surface area (Å²) in [5.41, 5.74) is 1.40. The molecule has 8 heteroatoms. The molecular formula is C10H10N6OS. The Kier molecular flexibility index (Phi) is 2.85. The molecular weight excluding hydrogens is 252 g/mol. The molecule has 0 aliphatic rings. The number of oxazole rings is 1. The Hall–Kier alpha value is -2.09. The Bertz CT molecular complexity index is 649. The van der Waals surface area contributed by atoms with E-state index in [0.29, 0.717) is 16.8 Å². The van der Waals surface area contributed by atoms with Crippen LogP contribution in [0.25, 0.3) is 11.2 Å². The van der Waals surface area contributed by atoms with E-state index in [-0.39, 0.29) is 0 Å². The summed E-state index contributed by atoms with van der Waals surface area (Å²) < 4.78 is 5.20. The number of aromatic nitrogens is 5. The summed E-state index contributed by atoms with van der Waals surface area (Å²) in [7, 11) is 0. The van der Waals surface area contributed by atoms with Gasteiger partial charge in [-0.15, -0.1) is 0 Å². The van der Waals surface area contributed by atoms with Crippen LogP contribution >= 0.6 is 11.8 Å². The third-order valence-electron chi connectivity index (χ3n) is 2.18. The van der Waals surface area contributed by atoms with Crippen LogP contribution in [0.5, 0.6) is 0 Å². The first kappa shape index (κ1) is 11.0. The van der Waals surface area contributed by atoms with Gasteiger partial charge in [0, 0.05) is 6.54 Å². The fourth-order valence-electron chi connectivity index (χ4n) is 1.46. The Morgan fingerprint density at radius 3 is 3.11 bits per heavy atom. The van der Waals surface area contributed by atoms with Gasteiger partial charge in [-0.05, 0) is 18.7 Å². The van der Waals surface area contributed by atoms with Gasteiger partial charge in [-0.1, -0.05) is 0 Å². The van der Waals surface area contributed by atoms with Gasteiger partial charge in [0.1, 0.15) is 16.8 Å². The molecule has 0 amide bonds. The maximum absolute atomic E-state index is 5.20. The van der Waals surface area contributed by atoms with Crippen molar-refractivity contribution < 1.29 is 4.42 Å². The minimum Gasteiger partial charge on any atom is -0.440 e. The number of aromatic amines is 1. The summed E-state index contributed by atoms with van der Waals surface area (Å²) in [6.07, 6.45) is 4.71. The van der Waals surface area contributed by atoms with Crippen LogP contribution in [-0.2, 0) is 0 Å². The average Bonchev–Trinajstić information content (AvgIpc) is 2.99. The quantitative estimate of drug-likeness (QED) is 0.694. The SMILES string of the molecule is CCNc1nc(Sc2ncco2)c2[nH]cnc2n1. The van der Waals surface area contributed by atoms with Crippen molar-refractivity contribution in [3.63, 3.8) is 0 Å². The molecule has 3 rings (SSSR count). The van der Waals surface area contributed by atoms with Gasteiger partial charge in [0.05, 0.1) is 12.5 Å². The normalized spacial score (nSPS) is 10.9. The Balaban J connectivity index is 2.04. The summed E-state index contributed by atoms with van der Waals surface area (Å²) in [6, 6.07) is 0. The van der Waals surface area contributed by atoms with Crippen LogP contribution in [0.1, 0.15) is 6.92 Å². The fraction of sp³-hybridized carbons (Fsp3) is 0.200.